The molecule has 1 aliphatic heterocycles. The smallest absolute Gasteiger partial charge is 0.430 e. The minimum absolute atomic E-state index is 0.115. The van der Waals surface area contributed by atoms with Gasteiger partial charge in [-0.3, -0.25) is 0 Å². The van der Waals surface area contributed by atoms with E-state index in [4.69, 9.17) is 26.2 Å². The predicted molar refractivity (Wildman–Crippen MR) is 93.4 cm³/mol. The number of halogens is 4. The molecule has 0 bridgehead atoms. The van der Waals surface area contributed by atoms with Crippen LogP contribution in [0.2, 0.25) is 5.02 Å². The molecular formula is C19H14ClF3O4. The van der Waals surface area contributed by atoms with Crippen molar-refractivity contribution in [2.75, 3.05) is 0 Å². The van der Waals surface area contributed by atoms with Crippen molar-refractivity contribution in [3.8, 4) is 17.2 Å². The largest absolute Gasteiger partial charge is 0.478 e. The topological polar surface area (TPSA) is 55.8 Å². The zero-order valence-electron chi connectivity index (χ0n) is 14.0. The molecule has 142 valence electrons. The van der Waals surface area contributed by atoms with Gasteiger partial charge in [-0.2, -0.15) is 13.2 Å². The lowest BCUT2D eigenvalue weighted by Crippen LogP contribution is -2.40. The molecule has 2 aromatic rings. The number of alkyl halides is 3. The van der Waals surface area contributed by atoms with Gasteiger partial charge in [0.2, 0.25) is 6.10 Å². The Balaban J connectivity index is 2.03. The van der Waals surface area contributed by atoms with Crippen LogP contribution in [0.5, 0.6) is 17.2 Å². The second-order valence-electron chi connectivity index (χ2n) is 5.83. The Labute approximate surface area is 157 Å². The van der Waals surface area contributed by atoms with Crippen LogP contribution in [0.4, 0.5) is 13.2 Å². The van der Waals surface area contributed by atoms with E-state index in [2.05, 4.69) is 0 Å². The third-order valence-electron chi connectivity index (χ3n) is 4.02. The molecule has 1 unspecified atom stereocenters. The van der Waals surface area contributed by atoms with Gasteiger partial charge >= 0.3 is 12.1 Å². The second-order valence-corrected chi connectivity index (χ2v) is 6.24. The molecule has 0 spiro atoms. The van der Waals surface area contributed by atoms with Crippen molar-refractivity contribution in [2.45, 2.75) is 25.6 Å². The summed E-state index contributed by atoms with van der Waals surface area (Å²) < 4.78 is 50.3. The van der Waals surface area contributed by atoms with E-state index in [0.717, 1.165) is 11.6 Å². The summed E-state index contributed by atoms with van der Waals surface area (Å²) in [4.78, 5) is 11.2. The molecule has 0 radical (unpaired) electrons. The van der Waals surface area contributed by atoms with Gasteiger partial charge in [-0.25, -0.2) is 4.79 Å². The highest BCUT2D eigenvalue weighted by Crippen LogP contribution is 2.42. The van der Waals surface area contributed by atoms with Crippen LogP contribution in [0, 0.1) is 0 Å². The molecule has 8 heteroatoms. The highest BCUT2D eigenvalue weighted by atomic mass is 35.5. The predicted octanol–water partition coefficient (Wildman–Crippen LogP) is 5.49. The fraction of sp³-hybridized carbons (Fsp3) is 0.211. The number of carboxylic acid groups (broad SMARTS) is 1. The van der Waals surface area contributed by atoms with E-state index in [-0.39, 0.29) is 22.1 Å². The number of hydrogen-bond acceptors (Lipinski definition) is 3. The first-order chi connectivity index (χ1) is 12.7. The van der Waals surface area contributed by atoms with Crippen LogP contribution >= 0.6 is 11.6 Å². The average Bonchev–Trinajstić information content (AvgIpc) is 2.61. The Hall–Kier alpha value is -2.67. The number of aryl methyl sites for hydroxylation is 1. The summed E-state index contributed by atoms with van der Waals surface area (Å²) in [5.74, 6) is -1.23. The maximum absolute atomic E-state index is 13.2. The molecule has 0 aliphatic carbocycles. The average molecular weight is 399 g/mol. The van der Waals surface area contributed by atoms with Gasteiger partial charge in [0, 0.05) is 11.6 Å². The number of aliphatic carboxylic acids is 1. The molecule has 1 aliphatic rings. The lowest BCUT2D eigenvalue weighted by Gasteiger charge is -2.27. The van der Waals surface area contributed by atoms with Crippen LogP contribution in [0.3, 0.4) is 0 Å². The summed E-state index contributed by atoms with van der Waals surface area (Å²) in [6.45, 7) is 1.94. The summed E-state index contributed by atoms with van der Waals surface area (Å²) in [7, 11) is 0. The van der Waals surface area contributed by atoms with Crippen molar-refractivity contribution in [3.05, 3.63) is 58.1 Å². The van der Waals surface area contributed by atoms with Crippen LogP contribution in [0.25, 0.3) is 6.08 Å². The number of benzene rings is 2. The first-order valence-electron chi connectivity index (χ1n) is 7.98. The van der Waals surface area contributed by atoms with Crippen molar-refractivity contribution in [1.82, 2.24) is 0 Å². The van der Waals surface area contributed by atoms with E-state index in [0.29, 0.717) is 12.2 Å². The van der Waals surface area contributed by atoms with E-state index in [1.54, 1.807) is 12.1 Å². The maximum Gasteiger partial charge on any atom is 0.430 e. The molecule has 27 heavy (non-hydrogen) atoms. The van der Waals surface area contributed by atoms with E-state index in [1.165, 1.54) is 12.1 Å². The summed E-state index contributed by atoms with van der Waals surface area (Å²) in [5.41, 5.74) is 0.124. The number of hydrogen-bond donors (Lipinski definition) is 1. The Kier molecular flexibility index (Phi) is 5.06. The molecule has 0 saturated heterocycles. The molecule has 0 aromatic heterocycles. The van der Waals surface area contributed by atoms with Gasteiger partial charge < -0.3 is 14.6 Å². The molecule has 0 saturated carbocycles. The summed E-state index contributed by atoms with van der Waals surface area (Å²) in [5, 5.41) is 9.19. The van der Waals surface area contributed by atoms with Crippen LogP contribution < -0.4 is 9.47 Å². The normalized spacial score (nSPS) is 16.2. The van der Waals surface area contributed by atoms with E-state index in [9.17, 15) is 18.0 Å². The first-order valence-corrected chi connectivity index (χ1v) is 8.36. The number of carboxylic acids is 1. The number of fused-ring (bicyclic) bond motifs is 1. The second kappa shape index (κ2) is 7.15. The highest BCUT2D eigenvalue weighted by Gasteiger charge is 2.48. The molecule has 4 nitrogen and oxygen atoms in total. The van der Waals surface area contributed by atoms with Crippen LogP contribution in [-0.4, -0.2) is 23.4 Å². The number of carbonyl (C=O) groups is 1. The molecule has 1 heterocycles. The van der Waals surface area contributed by atoms with Crippen molar-refractivity contribution in [3.63, 3.8) is 0 Å². The zero-order valence-corrected chi connectivity index (χ0v) is 14.8. The number of para-hydroxylation sites is 1. The van der Waals surface area contributed by atoms with Crippen molar-refractivity contribution < 1.29 is 32.5 Å². The zero-order chi connectivity index (χ0) is 19.8. The van der Waals surface area contributed by atoms with Gasteiger partial charge in [0.05, 0.1) is 10.6 Å². The van der Waals surface area contributed by atoms with Crippen molar-refractivity contribution >= 4 is 23.6 Å². The quantitative estimate of drug-likeness (QED) is 0.740. The highest BCUT2D eigenvalue weighted by molar-refractivity contribution is 6.32. The third kappa shape index (κ3) is 3.88. The first kappa shape index (κ1) is 19.1. The Bertz CT molecular complexity index is 922. The van der Waals surface area contributed by atoms with Crippen LogP contribution in [-0.2, 0) is 11.2 Å². The molecule has 1 N–H and O–H groups in total. The molecular weight excluding hydrogens is 385 g/mol. The fourth-order valence-electron chi connectivity index (χ4n) is 2.71. The fourth-order valence-corrected chi connectivity index (χ4v) is 2.92. The summed E-state index contributed by atoms with van der Waals surface area (Å²) in [6, 6.07) is 9.73. The lowest BCUT2D eigenvalue weighted by molar-refractivity contribution is -0.187. The molecule has 1 atom stereocenters. The van der Waals surface area contributed by atoms with Crippen molar-refractivity contribution in [2.24, 2.45) is 0 Å². The summed E-state index contributed by atoms with van der Waals surface area (Å²) >= 11 is 6.18. The van der Waals surface area contributed by atoms with E-state index >= 15 is 0 Å². The van der Waals surface area contributed by atoms with Crippen LogP contribution in [0.1, 0.15) is 18.1 Å². The van der Waals surface area contributed by atoms with E-state index in [1.807, 2.05) is 19.1 Å². The van der Waals surface area contributed by atoms with Gasteiger partial charge in [0.1, 0.15) is 17.2 Å². The van der Waals surface area contributed by atoms with Gasteiger partial charge in [-0.15, -0.1) is 0 Å². The maximum atomic E-state index is 13.2. The number of rotatable bonds is 4. The Morgan fingerprint density at radius 2 is 1.96 bits per heavy atom. The molecule has 3 rings (SSSR count). The van der Waals surface area contributed by atoms with Gasteiger partial charge in [-0.1, -0.05) is 36.7 Å². The Morgan fingerprint density at radius 3 is 2.59 bits per heavy atom. The third-order valence-corrected chi connectivity index (χ3v) is 4.32. The van der Waals surface area contributed by atoms with Crippen LogP contribution in [0.15, 0.2) is 42.0 Å². The van der Waals surface area contributed by atoms with Gasteiger partial charge in [0.25, 0.3) is 0 Å². The molecule has 2 aromatic carbocycles. The minimum atomic E-state index is -4.88. The van der Waals surface area contributed by atoms with Crippen molar-refractivity contribution in [1.29, 1.82) is 0 Å². The minimum Gasteiger partial charge on any atom is -0.478 e. The Morgan fingerprint density at radius 1 is 1.26 bits per heavy atom. The SMILES string of the molecule is CCc1ccccc1Oc1cc2c(cc1Cl)C=C(C(=O)O)C(C(F)(F)F)O2. The molecule has 0 amide bonds. The summed E-state index contributed by atoms with van der Waals surface area (Å²) in [6.07, 6.45) is -5.85. The van der Waals surface area contributed by atoms with Gasteiger partial charge in [-0.05, 0) is 30.2 Å². The number of ether oxygens (including phenoxy) is 2. The monoisotopic (exact) mass is 398 g/mol. The molecule has 0 fully saturated rings. The van der Waals surface area contributed by atoms with E-state index < -0.39 is 23.8 Å². The standard InChI is InChI=1S/C19H14ClF3O4/c1-2-10-5-3-4-6-14(10)26-16-9-15-11(8-13(16)20)7-12(18(24)25)17(27-15)19(21,22)23/h3-9,17H,2H2,1H3,(H,24,25). The van der Waals surface area contributed by atoms with Gasteiger partial charge in [0.15, 0.2) is 0 Å². The lowest BCUT2D eigenvalue weighted by atomic mass is 10.0.